The number of hydrogen-bond acceptors (Lipinski definition) is 1. The van der Waals surface area contributed by atoms with Crippen molar-refractivity contribution in [3.63, 3.8) is 0 Å². The summed E-state index contributed by atoms with van der Waals surface area (Å²) in [5.41, 5.74) is 1.85. The van der Waals surface area contributed by atoms with Gasteiger partial charge in [0.25, 0.3) is 0 Å². The standard InChI is InChI=1S/C14H18SSe/c1-3-7-11-9(5-1)14-13(15-11)10-6-2-4-8-12(10)16-14/h9,11H,1-8H2. The number of fused-ring (bicyclic) bond motifs is 5. The Labute approximate surface area is 108 Å². The van der Waals surface area contributed by atoms with Gasteiger partial charge >= 0.3 is 108 Å². The van der Waals surface area contributed by atoms with Crippen LogP contribution < -0.4 is 0 Å². The van der Waals surface area contributed by atoms with Crippen LogP contribution >= 0.6 is 11.8 Å². The number of hydrogen-bond donors (Lipinski definition) is 0. The molecule has 1 saturated carbocycles. The molecule has 2 aliphatic carbocycles. The Bertz CT molecular complexity index is 421. The monoisotopic (exact) mass is 298 g/mol. The molecule has 0 spiro atoms. The third-order valence-electron chi connectivity index (χ3n) is 4.46. The first-order valence-corrected chi connectivity index (χ1v) is 9.34. The molecule has 2 atom stereocenters. The zero-order valence-electron chi connectivity index (χ0n) is 9.63. The van der Waals surface area contributed by atoms with Gasteiger partial charge in [-0.1, -0.05) is 0 Å². The van der Waals surface area contributed by atoms with Gasteiger partial charge in [0, 0.05) is 0 Å². The van der Waals surface area contributed by atoms with Crippen LogP contribution in [0.1, 0.15) is 58.9 Å². The van der Waals surface area contributed by atoms with E-state index in [9.17, 15) is 0 Å². The summed E-state index contributed by atoms with van der Waals surface area (Å²) in [5, 5.41) is 0.997. The van der Waals surface area contributed by atoms with Crippen LogP contribution in [0.2, 0.25) is 0 Å². The number of aryl methyl sites for hydroxylation is 1. The Morgan fingerprint density at radius 2 is 1.88 bits per heavy atom. The molecule has 2 unspecified atom stereocenters. The van der Waals surface area contributed by atoms with Crippen molar-refractivity contribution in [2.75, 3.05) is 0 Å². The van der Waals surface area contributed by atoms with Gasteiger partial charge in [-0.25, -0.2) is 0 Å². The SMILES string of the molecule is C1CCc2c([se]c3c2SC2CCCCC32)C1. The van der Waals surface area contributed by atoms with Crippen molar-refractivity contribution in [3.8, 4) is 0 Å². The second kappa shape index (κ2) is 3.93. The van der Waals surface area contributed by atoms with Crippen molar-refractivity contribution in [1.82, 2.24) is 0 Å². The van der Waals surface area contributed by atoms with Crippen molar-refractivity contribution in [3.05, 3.63) is 14.4 Å². The predicted octanol–water partition coefficient (Wildman–Crippen LogP) is 3.75. The molecule has 4 rings (SSSR count). The van der Waals surface area contributed by atoms with Gasteiger partial charge in [-0.15, -0.1) is 0 Å². The second-order valence-corrected chi connectivity index (χ2v) is 9.09. The van der Waals surface area contributed by atoms with Crippen molar-refractivity contribution in [1.29, 1.82) is 0 Å². The quantitative estimate of drug-likeness (QED) is 0.657. The average Bonchev–Trinajstić information content (AvgIpc) is 2.85. The van der Waals surface area contributed by atoms with Crippen molar-refractivity contribution < 1.29 is 0 Å². The van der Waals surface area contributed by atoms with E-state index in [2.05, 4.69) is 11.8 Å². The van der Waals surface area contributed by atoms with Crippen LogP contribution in [0.15, 0.2) is 4.90 Å². The van der Waals surface area contributed by atoms with Gasteiger partial charge in [0.05, 0.1) is 0 Å². The van der Waals surface area contributed by atoms with Gasteiger partial charge in [-0.3, -0.25) is 0 Å². The molecule has 0 saturated heterocycles. The van der Waals surface area contributed by atoms with Crippen molar-refractivity contribution in [2.24, 2.45) is 0 Å². The molecule has 1 aromatic heterocycles. The maximum atomic E-state index is 2.29. The third-order valence-corrected chi connectivity index (χ3v) is 9.30. The summed E-state index contributed by atoms with van der Waals surface area (Å²) in [6, 6.07) is 0. The van der Waals surface area contributed by atoms with Gasteiger partial charge in [-0.2, -0.15) is 0 Å². The molecule has 1 aliphatic heterocycles. The topological polar surface area (TPSA) is 0 Å². The van der Waals surface area contributed by atoms with E-state index >= 15 is 0 Å². The van der Waals surface area contributed by atoms with Crippen LogP contribution in [0.4, 0.5) is 0 Å². The summed E-state index contributed by atoms with van der Waals surface area (Å²) in [6.45, 7) is 0. The molecule has 0 radical (unpaired) electrons. The molecule has 0 nitrogen and oxygen atoms in total. The number of thioether (sulfide) groups is 1. The molecule has 2 heteroatoms. The minimum atomic E-state index is 0.787. The molecule has 0 aromatic carbocycles. The molecular weight excluding hydrogens is 279 g/mol. The molecule has 1 aromatic rings. The minimum absolute atomic E-state index is 0.787. The zero-order chi connectivity index (χ0) is 10.5. The summed E-state index contributed by atoms with van der Waals surface area (Å²) in [7, 11) is 0. The van der Waals surface area contributed by atoms with E-state index in [1.165, 1.54) is 51.4 Å². The van der Waals surface area contributed by atoms with Crippen LogP contribution in [0.5, 0.6) is 0 Å². The van der Waals surface area contributed by atoms with E-state index < -0.39 is 0 Å². The first-order chi connectivity index (χ1) is 7.93. The van der Waals surface area contributed by atoms with E-state index in [0.717, 1.165) is 25.7 Å². The first kappa shape index (κ1) is 10.3. The predicted molar refractivity (Wildman–Crippen MR) is 70.9 cm³/mol. The summed E-state index contributed by atoms with van der Waals surface area (Å²) in [6.07, 6.45) is 11.8. The van der Waals surface area contributed by atoms with E-state index in [1.807, 2.05) is 19.3 Å². The van der Waals surface area contributed by atoms with Gasteiger partial charge in [-0.05, 0) is 0 Å². The normalized spacial score (nSPS) is 32.0. The Hall–Kier alpha value is 0.349. The van der Waals surface area contributed by atoms with E-state index in [0.29, 0.717) is 0 Å². The van der Waals surface area contributed by atoms with Gasteiger partial charge in [0.1, 0.15) is 0 Å². The fourth-order valence-corrected chi connectivity index (χ4v) is 9.26. The number of rotatable bonds is 0. The molecule has 0 amide bonds. The first-order valence-electron chi connectivity index (χ1n) is 6.74. The molecule has 2 heterocycles. The molecule has 1 fully saturated rings. The molecule has 3 aliphatic rings. The van der Waals surface area contributed by atoms with E-state index in [1.54, 1.807) is 0 Å². The van der Waals surface area contributed by atoms with E-state index in [4.69, 9.17) is 0 Å². The Morgan fingerprint density at radius 3 is 2.88 bits per heavy atom. The zero-order valence-corrected chi connectivity index (χ0v) is 12.2. The van der Waals surface area contributed by atoms with Crippen LogP contribution in [-0.4, -0.2) is 19.8 Å². The van der Waals surface area contributed by atoms with Crippen LogP contribution in [0.3, 0.4) is 0 Å². The second-order valence-electron chi connectivity index (χ2n) is 5.45. The van der Waals surface area contributed by atoms with Crippen LogP contribution in [0.25, 0.3) is 0 Å². The fourth-order valence-electron chi connectivity index (χ4n) is 3.62. The van der Waals surface area contributed by atoms with Crippen LogP contribution in [-0.2, 0) is 12.8 Å². The Balaban J connectivity index is 1.78. The fraction of sp³-hybridized carbons (Fsp3) is 0.714. The Kier molecular flexibility index (Phi) is 2.53. The maximum absolute atomic E-state index is 2.29. The molecule has 86 valence electrons. The van der Waals surface area contributed by atoms with Crippen LogP contribution in [0, 0.1) is 0 Å². The van der Waals surface area contributed by atoms with Gasteiger partial charge in [0.2, 0.25) is 0 Å². The van der Waals surface area contributed by atoms with Crippen molar-refractivity contribution >= 4 is 26.3 Å². The summed E-state index contributed by atoms with van der Waals surface area (Å²) < 4.78 is 3.86. The van der Waals surface area contributed by atoms with Gasteiger partial charge in [0.15, 0.2) is 0 Å². The third kappa shape index (κ3) is 1.43. The molecule has 16 heavy (non-hydrogen) atoms. The summed E-state index contributed by atoms with van der Waals surface area (Å²) >= 11 is 3.07. The average molecular weight is 297 g/mol. The summed E-state index contributed by atoms with van der Waals surface area (Å²) in [5.74, 6) is 1.01. The molecular formula is C14H18SSe. The van der Waals surface area contributed by atoms with E-state index in [-0.39, 0.29) is 0 Å². The summed E-state index contributed by atoms with van der Waals surface area (Å²) in [4.78, 5) is 1.83. The Morgan fingerprint density at radius 1 is 1.00 bits per heavy atom. The molecule has 0 bridgehead atoms. The van der Waals surface area contributed by atoms with Crippen molar-refractivity contribution in [2.45, 2.75) is 67.4 Å². The molecule has 0 N–H and O–H groups in total. The van der Waals surface area contributed by atoms with Gasteiger partial charge < -0.3 is 0 Å².